The topological polar surface area (TPSA) is 155 Å². The molecule has 4 saturated carbocycles. The van der Waals surface area contributed by atoms with Crippen LogP contribution in [0.5, 0.6) is 0 Å². The lowest BCUT2D eigenvalue weighted by molar-refractivity contribution is -0.178. The molecule has 4 heterocycles. The number of carbonyl (C=O) groups is 4. The lowest BCUT2D eigenvalue weighted by Crippen LogP contribution is -2.46. The number of hydrogen-bond acceptors (Lipinski definition) is 12. The maximum absolute atomic E-state index is 14.5. The molecule has 0 aromatic heterocycles. The zero-order chi connectivity index (χ0) is 44.4. The zero-order valence-corrected chi connectivity index (χ0v) is 39.3. The summed E-state index contributed by atoms with van der Waals surface area (Å²) in [5.74, 6) is -2.13. The number of carbonyl (C=O) groups excluding carboxylic acids is 4. The van der Waals surface area contributed by atoms with Crippen LogP contribution in [0.2, 0.25) is 0 Å². The van der Waals surface area contributed by atoms with Crippen molar-refractivity contribution in [2.75, 3.05) is 0 Å². The second-order valence-electron chi connectivity index (χ2n) is 24.1. The summed E-state index contributed by atoms with van der Waals surface area (Å²) in [6, 6.07) is 0. The Morgan fingerprint density at radius 1 is 0.410 bits per heavy atom. The van der Waals surface area contributed by atoms with E-state index in [0.29, 0.717) is 0 Å². The Hall–Kier alpha value is -2.28. The lowest BCUT2D eigenvalue weighted by Gasteiger charge is -2.41. The van der Waals surface area contributed by atoms with E-state index in [9.17, 15) is 19.2 Å². The van der Waals surface area contributed by atoms with E-state index in [2.05, 4.69) is 27.7 Å². The van der Waals surface area contributed by atoms with Gasteiger partial charge in [0.25, 0.3) is 0 Å². The molecule has 12 unspecified atom stereocenters. The van der Waals surface area contributed by atoms with Gasteiger partial charge in [-0.2, -0.15) is 0 Å². The van der Waals surface area contributed by atoms with Crippen molar-refractivity contribution in [3.63, 3.8) is 0 Å². The third kappa shape index (κ3) is 9.45. The van der Waals surface area contributed by atoms with E-state index in [4.69, 9.17) is 37.9 Å². The second kappa shape index (κ2) is 14.9. The van der Waals surface area contributed by atoms with Crippen LogP contribution in [-0.2, 0) is 57.1 Å². The maximum atomic E-state index is 14.5. The number of epoxide rings is 4. The average Bonchev–Trinajstić information content (AvgIpc) is 4.00. The van der Waals surface area contributed by atoms with E-state index in [1.807, 2.05) is 55.4 Å². The third-order valence-electron chi connectivity index (χ3n) is 17.6. The molecule has 344 valence electrons. The average molecular weight is 857 g/mol. The van der Waals surface area contributed by atoms with Gasteiger partial charge < -0.3 is 37.9 Å². The molecule has 0 N–H and O–H groups in total. The molecule has 4 aliphatic heterocycles. The monoisotopic (exact) mass is 857 g/mol. The first-order valence-electron chi connectivity index (χ1n) is 23.7. The van der Waals surface area contributed by atoms with Gasteiger partial charge in [-0.25, -0.2) is 0 Å². The zero-order valence-electron chi connectivity index (χ0n) is 39.3. The van der Waals surface area contributed by atoms with Gasteiger partial charge in [-0.05, 0) is 160 Å². The number of esters is 4. The smallest absolute Gasteiger partial charge is 0.306 e. The van der Waals surface area contributed by atoms with Crippen LogP contribution < -0.4 is 0 Å². The fourth-order valence-electron chi connectivity index (χ4n) is 12.4. The summed E-state index contributed by atoms with van der Waals surface area (Å²) in [4.78, 5) is 57.9. The summed E-state index contributed by atoms with van der Waals surface area (Å²) in [6.07, 6.45) is 9.00. The number of fused-ring (bicyclic) bond motifs is 4. The Labute approximate surface area is 364 Å². The number of hydrogen-bond donors (Lipinski definition) is 0. The Bertz CT molecular complexity index is 1510. The molecule has 0 amide bonds. The molecule has 12 heteroatoms. The van der Waals surface area contributed by atoms with Crippen molar-refractivity contribution in [2.45, 2.75) is 255 Å². The van der Waals surface area contributed by atoms with Crippen LogP contribution >= 0.6 is 0 Å². The molecule has 8 rings (SSSR count). The van der Waals surface area contributed by atoms with Crippen LogP contribution in [0.15, 0.2) is 0 Å². The Balaban J connectivity index is 1.04. The van der Waals surface area contributed by atoms with Crippen LogP contribution in [0.4, 0.5) is 0 Å². The predicted octanol–water partition coefficient (Wildman–Crippen LogP) is 8.65. The minimum atomic E-state index is -1.56. The lowest BCUT2D eigenvalue weighted by atomic mass is 9.73. The van der Waals surface area contributed by atoms with Crippen molar-refractivity contribution in [3.8, 4) is 0 Å². The molecule has 8 aliphatic rings. The van der Waals surface area contributed by atoms with Gasteiger partial charge >= 0.3 is 23.9 Å². The maximum Gasteiger partial charge on any atom is 0.306 e. The van der Waals surface area contributed by atoms with E-state index >= 15 is 0 Å². The van der Waals surface area contributed by atoms with Crippen molar-refractivity contribution in [2.24, 2.45) is 29.1 Å². The highest BCUT2D eigenvalue weighted by atomic mass is 16.6. The Morgan fingerprint density at radius 3 is 0.787 bits per heavy atom. The summed E-state index contributed by atoms with van der Waals surface area (Å²) in [5, 5.41) is 0. The van der Waals surface area contributed by atoms with Crippen LogP contribution in [0.1, 0.15) is 186 Å². The van der Waals surface area contributed by atoms with Crippen molar-refractivity contribution in [1.29, 1.82) is 0 Å². The number of ether oxygens (including phenoxy) is 8. The molecule has 0 bridgehead atoms. The molecule has 8 fully saturated rings. The summed E-state index contributed by atoms with van der Waals surface area (Å²) in [6.45, 7) is 23.9. The first kappa shape index (κ1) is 45.3. The molecule has 61 heavy (non-hydrogen) atoms. The third-order valence-corrected chi connectivity index (χ3v) is 17.6. The molecular formula is C49H76O12. The van der Waals surface area contributed by atoms with Gasteiger partial charge in [-0.1, -0.05) is 0 Å². The largest absolute Gasteiger partial charge is 0.459 e. The van der Waals surface area contributed by atoms with E-state index < -0.39 is 51.7 Å². The second-order valence-corrected chi connectivity index (χ2v) is 24.1. The fourth-order valence-corrected chi connectivity index (χ4v) is 12.4. The van der Waals surface area contributed by atoms with E-state index in [1.54, 1.807) is 0 Å². The first-order valence-corrected chi connectivity index (χ1v) is 23.7. The van der Waals surface area contributed by atoms with Gasteiger partial charge in [0.2, 0.25) is 0 Å². The van der Waals surface area contributed by atoms with Crippen molar-refractivity contribution < 1.29 is 57.1 Å². The Kier molecular flexibility index (Phi) is 11.0. The molecule has 12 nitrogen and oxygen atoms in total. The Morgan fingerprint density at radius 2 is 0.607 bits per heavy atom. The molecule has 4 saturated heterocycles. The molecule has 0 radical (unpaired) electrons. The molecule has 0 aromatic carbocycles. The molecule has 0 aromatic rings. The molecular weight excluding hydrogens is 781 g/mol. The SMILES string of the molecule is CC(C)(OC(=O)CC(CC(=O)OC(C)(C)C1CCC2(C)OC2C1)(CC(=O)OC(C)(C)C1CCC2(C)OC2C1)CC(=O)OC(C)(C)C1CCC2(C)OC2C1)C1CCC2(C)OC2C1. The van der Waals surface area contributed by atoms with Crippen LogP contribution in [0.25, 0.3) is 0 Å². The van der Waals surface area contributed by atoms with Crippen LogP contribution in [0, 0.1) is 29.1 Å². The summed E-state index contributed by atoms with van der Waals surface area (Å²) < 4.78 is 49.3. The normalized spacial score (nSPS) is 41.0. The van der Waals surface area contributed by atoms with Crippen molar-refractivity contribution in [3.05, 3.63) is 0 Å². The summed E-state index contributed by atoms with van der Waals surface area (Å²) in [7, 11) is 0. The highest BCUT2D eigenvalue weighted by molar-refractivity contribution is 5.82. The fraction of sp³-hybridized carbons (Fsp3) is 0.918. The van der Waals surface area contributed by atoms with Gasteiger partial charge in [0, 0.05) is 29.1 Å². The molecule has 4 aliphatic carbocycles. The van der Waals surface area contributed by atoms with Gasteiger partial charge in [0.05, 0.1) is 72.5 Å². The van der Waals surface area contributed by atoms with Gasteiger partial charge in [0.1, 0.15) is 22.4 Å². The minimum Gasteiger partial charge on any atom is -0.459 e. The standard InChI is InChI=1S/C49H76O12/c1-41(2,29-13-17-45(9)33(21-29)54-45)58-37(50)25-49(26-38(51)59-42(3,4)30-14-18-46(10)34(22-30)55-46,27-39(52)60-43(5,6)31-15-19-47(11)35(23-31)56-47)28-40(53)61-44(7,8)32-16-20-48(12)36(24-32)57-48/h29-36H,13-28H2,1-12H3. The quantitative estimate of drug-likeness (QED) is 0.0829. The van der Waals surface area contributed by atoms with Crippen molar-refractivity contribution >= 4 is 23.9 Å². The molecule has 12 atom stereocenters. The van der Waals surface area contributed by atoms with Crippen LogP contribution in [0.3, 0.4) is 0 Å². The van der Waals surface area contributed by atoms with Gasteiger partial charge in [0.15, 0.2) is 0 Å². The van der Waals surface area contributed by atoms with Crippen molar-refractivity contribution in [1.82, 2.24) is 0 Å². The predicted molar refractivity (Wildman–Crippen MR) is 224 cm³/mol. The van der Waals surface area contributed by atoms with Gasteiger partial charge in [-0.3, -0.25) is 19.2 Å². The highest BCUT2D eigenvalue weighted by Crippen LogP contribution is 2.56. The summed E-state index contributed by atoms with van der Waals surface area (Å²) >= 11 is 0. The van der Waals surface area contributed by atoms with E-state index in [0.717, 1.165) is 77.0 Å². The molecule has 0 spiro atoms. The van der Waals surface area contributed by atoms with E-state index in [1.165, 1.54) is 0 Å². The van der Waals surface area contributed by atoms with Crippen LogP contribution in [-0.4, -0.2) is 93.1 Å². The van der Waals surface area contributed by atoms with Gasteiger partial charge in [-0.15, -0.1) is 0 Å². The minimum absolute atomic E-state index is 0.0575. The highest BCUT2D eigenvalue weighted by Gasteiger charge is 2.61. The number of rotatable bonds is 16. The summed E-state index contributed by atoms with van der Waals surface area (Å²) in [5.41, 5.74) is -5.39. The first-order chi connectivity index (χ1) is 28.1. The van der Waals surface area contributed by atoms with E-state index in [-0.39, 0.29) is 96.2 Å².